The summed E-state index contributed by atoms with van der Waals surface area (Å²) in [5, 5.41) is 3.20. The van der Waals surface area contributed by atoms with E-state index in [4.69, 9.17) is 4.74 Å². The fourth-order valence-electron chi connectivity index (χ4n) is 3.37. The van der Waals surface area contributed by atoms with E-state index in [0.29, 0.717) is 38.5 Å². The third-order valence-electron chi connectivity index (χ3n) is 4.93. The lowest BCUT2D eigenvalue weighted by atomic mass is 9.97. The van der Waals surface area contributed by atoms with Crippen LogP contribution in [0.15, 0.2) is 30.3 Å². The third-order valence-corrected chi connectivity index (χ3v) is 4.93. The van der Waals surface area contributed by atoms with Crippen LogP contribution in [0.5, 0.6) is 0 Å². The molecule has 1 unspecified atom stereocenters. The summed E-state index contributed by atoms with van der Waals surface area (Å²) in [5.41, 5.74) is 1.18. The smallest absolute Gasteiger partial charge is 0.317 e. The van der Waals surface area contributed by atoms with E-state index in [1.54, 1.807) is 0 Å². The van der Waals surface area contributed by atoms with Gasteiger partial charge in [-0.2, -0.15) is 0 Å². The Morgan fingerprint density at radius 1 is 1.17 bits per heavy atom. The maximum Gasteiger partial charge on any atom is 0.317 e. The lowest BCUT2D eigenvalue weighted by Crippen LogP contribution is -2.47. The van der Waals surface area contributed by atoms with Crippen LogP contribution in [0.2, 0.25) is 0 Å². The summed E-state index contributed by atoms with van der Waals surface area (Å²) >= 11 is 0. The number of carbonyl (C=O) groups is 2. The number of likely N-dealkylation sites (tertiary alicyclic amines) is 1. The number of carbonyl (C=O) groups excluding carboxylic acids is 2. The van der Waals surface area contributed by atoms with Crippen molar-refractivity contribution in [3.8, 4) is 0 Å². The molecule has 5 heteroatoms. The molecular weight excluding hydrogens is 304 g/mol. The Morgan fingerprint density at radius 2 is 1.83 bits per heavy atom. The standard InChI is InChI=1S/C19H26N2O3/c1-2-24-18(22)16-10-12-21(13-11-16)19(23)20-17(15-8-9-15)14-6-4-3-5-7-14/h3-7,15-17H,2,8-13H2,1H3,(H,20,23). The van der Waals surface area contributed by atoms with Gasteiger partial charge in [-0.1, -0.05) is 30.3 Å². The number of hydrogen-bond acceptors (Lipinski definition) is 3. The van der Waals surface area contributed by atoms with Gasteiger partial charge in [0.2, 0.25) is 0 Å². The Bertz CT molecular complexity index is 563. The normalized spacial score (nSPS) is 19.6. The van der Waals surface area contributed by atoms with E-state index >= 15 is 0 Å². The Kier molecular flexibility index (Phi) is 5.38. The van der Waals surface area contributed by atoms with Crippen LogP contribution < -0.4 is 5.32 Å². The van der Waals surface area contributed by atoms with Gasteiger partial charge in [0.1, 0.15) is 0 Å². The van der Waals surface area contributed by atoms with Crippen molar-refractivity contribution in [3.05, 3.63) is 35.9 Å². The van der Waals surface area contributed by atoms with E-state index < -0.39 is 0 Å². The highest BCUT2D eigenvalue weighted by Gasteiger charge is 2.35. The molecule has 2 aliphatic rings. The molecule has 1 aromatic rings. The molecule has 1 aliphatic carbocycles. The third kappa shape index (κ3) is 4.08. The highest BCUT2D eigenvalue weighted by atomic mass is 16.5. The molecule has 24 heavy (non-hydrogen) atoms. The number of amides is 2. The summed E-state index contributed by atoms with van der Waals surface area (Å²) in [6, 6.07) is 10.3. The molecule has 0 bridgehead atoms. The maximum atomic E-state index is 12.6. The summed E-state index contributed by atoms with van der Waals surface area (Å²) < 4.78 is 5.08. The zero-order valence-electron chi connectivity index (χ0n) is 14.2. The van der Waals surface area contributed by atoms with Crippen LogP contribution in [0.3, 0.4) is 0 Å². The average molecular weight is 330 g/mol. The first-order chi connectivity index (χ1) is 11.7. The lowest BCUT2D eigenvalue weighted by molar-refractivity contribution is -0.149. The van der Waals surface area contributed by atoms with Gasteiger partial charge >= 0.3 is 12.0 Å². The summed E-state index contributed by atoms with van der Waals surface area (Å²) in [5.74, 6) is 0.355. The van der Waals surface area contributed by atoms with E-state index in [0.717, 1.165) is 0 Å². The molecule has 1 atom stereocenters. The van der Waals surface area contributed by atoms with Gasteiger partial charge in [0.05, 0.1) is 18.6 Å². The number of rotatable bonds is 5. The molecule has 5 nitrogen and oxygen atoms in total. The van der Waals surface area contributed by atoms with E-state index in [2.05, 4.69) is 17.4 Å². The largest absolute Gasteiger partial charge is 0.466 e. The molecule has 130 valence electrons. The highest BCUT2D eigenvalue weighted by molar-refractivity contribution is 5.76. The van der Waals surface area contributed by atoms with Crippen LogP contribution in [0.25, 0.3) is 0 Å². The van der Waals surface area contributed by atoms with E-state index in [1.807, 2.05) is 30.0 Å². The monoisotopic (exact) mass is 330 g/mol. The Morgan fingerprint density at radius 3 is 2.42 bits per heavy atom. The second-order valence-corrected chi connectivity index (χ2v) is 6.69. The number of urea groups is 1. The van der Waals surface area contributed by atoms with Crippen LogP contribution in [-0.4, -0.2) is 36.6 Å². The van der Waals surface area contributed by atoms with Crippen molar-refractivity contribution in [2.45, 2.75) is 38.6 Å². The molecule has 1 aromatic carbocycles. The van der Waals surface area contributed by atoms with E-state index in [9.17, 15) is 9.59 Å². The Labute approximate surface area is 143 Å². The van der Waals surface area contributed by atoms with Gasteiger partial charge in [-0.3, -0.25) is 4.79 Å². The molecule has 1 aliphatic heterocycles. The van der Waals surface area contributed by atoms with Crippen molar-refractivity contribution in [2.24, 2.45) is 11.8 Å². The van der Waals surface area contributed by atoms with E-state index in [-0.39, 0.29) is 24.0 Å². The number of ether oxygens (including phenoxy) is 1. The summed E-state index contributed by atoms with van der Waals surface area (Å²) in [4.78, 5) is 26.2. The fraction of sp³-hybridized carbons (Fsp3) is 0.579. The molecular formula is C19H26N2O3. The first kappa shape index (κ1) is 16.8. The molecule has 0 aromatic heterocycles. The molecule has 1 saturated heterocycles. The molecule has 1 heterocycles. The quantitative estimate of drug-likeness (QED) is 0.844. The topological polar surface area (TPSA) is 58.6 Å². The number of piperidine rings is 1. The van der Waals surface area contributed by atoms with Crippen molar-refractivity contribution in [3.63, 3.8) is 0 Å². The van der Waals surface area contributed by atoms with Crippen LogP contribution in [-0.2, 0) is 9.53 Å². The number of nitrogens with zero attached hydrogens (tertiary/aromatic N) is 1. The minimum Gasteiger partial charge on any atom is -0.466 e. The molecule has 1 saturated carbocycles. The fourth-order valence-corrected chi connectivity index (χ4v) is 3.37. The zero-order valence-corrected chi connectivity index (χ0v) is 14.2. The predicted molar refractivity (Wildman–Crippen MR) is 91.4 cm³/mol. The minimum atomic E-state index is -0.127. The Hall–Kier alpha value is -2.04. The number of esters is 1. The minimum absolute atomic E-state index is 0.0157. The van der Waals surface area contributed by atoms with Gasteiger partial charge in [0.15, 0.2) is 0 Å². The van der Waals surface area contributed by atoms with Gasteiger partial charge < -0.3 is 15.0 Å². The SMILES string of the molecule is CCOC(=O)C1CCN(C(=O)NC(c2ccccc2)C2CC2)CC1. The molecule has 2 fully saturated rings. The van der Waals surface area contributed by atoms with Gasteiger partial charge in [-0.15, -0.1) is 0 Å². The maximum absolute atomic E-state index is 12.6. The molecule has 3 rings (SSSR count). The summed E-state index contributed by atoms with van der Waals surface area (Å²) in [6.07, 6.45) is 3.72. The highest BCUT2D eigenvalue weighted by Crippen LogP contribution is 2.41. The van der Waals surface area contributed by atoms with Crippen molar-refractivity contribution >= 4 is 12.0 Å². The van der Waals surface area contributed by atoms with Crippen LogP contribution in [0.1, 0.15) is 44.2 Å². The molecule has 0 radical (unpaired) electrons. The summed E-state index contributed by atoms with van der Waals surface area (Å²) in [7, 11) is 0. The van der Waals surface area contributed by atoms with Gasteiger partial charge in [-0.25, -0.2) is 4.79 Å². The van der Waals surface area contributed by atoms with Gasteiger partial charge in [0, 0.05) is 13.1 Å². The second kappa shape index (κ2) is 7.69. The predicted octanol–water partition coefficient (Wildman–Crippen LogP) is 3.12. The molecule has 2 amide bonds. The zero-order chi connectivity index (χ0) is 16.9. The molecule has 0 spiro atoms. The number of benzene rings is 1. The molecule has 1 N–H and O–H groups in total. The van der Waals surface area contributed by atoms with Crippen molar-refractivity contribution < 1.29 is 14.3 Å². The summed E-state index contributed by atoms with van der Waals surface area (Å²) in [6.45, 7) is 3.46. The number of nitrogens with one attached hydrogen (secondary N) is 1. The van der Waals surface area contributed by atoms with Gasteiger partial charge in [0.25, 0.3) is 0 Å². The van der Waals surface area contributed by atoms with Crippen LogP contribution in [0, 0.1) is 11.8 Å². The van der Waals surface area contributed by atoms with Crippen molar-refractivity contribution in [1.82, 2.24) is 10.2 Å². The van der Waals surface area contributed by atoms with Crippen LogP contribution in [0.4, 0.5) is 4.79 Å². The second-order valence-electron chi connectivity index (χ2n) is 6.69. The lowest BCUT2D eigenvalue weighted by Gasteiger charge is -2.32. The first-order valence-electron chi connectivity index (χ1n) is 8.96. The van der Waals surface area contributed by atoms with E-state index in [1.165, 1.54) is 18.4 Å². The average Bonchev–Trinajstić information content (AvgIpc) is 3.45. The van der Waals surface area contributed by atoms with Crippen LogP contribution >= 0.6 is 0 Å². The first-order valence-corrected chi connectivity index (χ1v) is 8.96. The van der Waals surface area contributed by atoms with Crippen molar-refractivity contribution in [1.29, 1.82) is 0 Å². The van der Waals surface area contributed by atoms with Gasteiger partial charge in [-0.05, 0) is 44.1 Å². The Balaban J connectivity index is 1.54. The number of hydrogen-bond donors (Lipinski definition) is 1. The van der Waals surface area contributed by atoms with Crippen molar-refractivity contribution in [2.75, 3.05) is 19.7 Å².